The van der Waals surface area contributed by atoms with E-state index in [1.807, 2.05) is 6.08 Å². The molecule has 2 N–H and O–H groups in total. The summed E-state index contributed by atoms with van der Waals surface area (Å²) in [6.07, 6.45) is 18.2. The molecule has 0 aromatic carbocycles. The van der Waals surface area contributed by atoms with Crippen molar-refractivity contribution in [3.8, 4) is 0 Å². The van der Waals surface area contributed by atoms with Crippen molar-refractivity contribution < 1.29 is 14.1 Å². The van der Waals surface area contributed by atoms with Gasteiger partial charge in [-0.25, -0.2) is 4.79 Å². The molecule has 0 spiro atoms. The molecule has 4 unspecified atom stereocenters. The van der Waals surface area contributed by atoms with Gasteiger partial charge < -0.3 is 15.3 Å². The zero-order valence-corrected chi connectivity index (χ0v) is 29.5. The Labute approximate surface area is 271 Å². The molecule has 0 radical (unpaired) electrons. The number of carbonyl (C=O) groups is 1. The van der Waals surface area contributed by atoms with Crippen LogP contribution in [-0.2, 0) is 15.6 Å². The highest BCUT2D eigenvalue weighted by molar-refractivity contribution is 7.85. The second-order valence-corrected chi connectivity index (χ2v) is 19.0. The Morgan fingerprint density at radius 2 is 1.66 bits per heavy atom. The molecule has 4 aliphatic carbocycles. The molecule has 2 heterocycles. The molecule has 0 amide bonds. The number of likely N-dealkylation sites (tertiary alicyclic amines) is 1. The van der Waals surface area contributed by atoms with Gasteiger partial charge in [0.05, 0.1) is 0 Å². The lowest BCUT2D eigenvalue weighted by atomic mass is 9.33. The zero-order chi connectivity index (χ0) is 31.4. The predicted molar refractivity (Wildman–Crippen MR) is 181 cm³/mol. The molecule has 0 bridgehead atoms. The van der Waals surface area contributed by atoms with E-state index in [9.17, 15) is 9.00 Å². The number of hydrogen-bond acceptors (Lipinski definition) is 5. The smallest absolute Gasteiger partial charge is 0.328 e. The number of aliphatic carboxylic acids is 1. The third-order valence-corrected chi connectivity index (χ3v) is 16.8. The number of nitrogens with zero attached hydrogens (tertiary/aromatic N) is 2. The molecule has 2 saturated heterocycles. The number of rotatable bonds is 9. The zero-order valence-electron chi connectivity index (χ0n) is 28.7. The van der Waals surface area contributed by atoms with Gasteiger partial charge in [-0.3, -0.25) is 9.11 Å². The van der Waals surface area contributed by atoms with Gasteiger partial charge >= 0.3 is 5.97 Å². The van der Waals surface area contributed by atoms with Crippen molar-refractivity contribution in [1.82, 2.24) is 15.1 Å². The highest BCUT2D eigenvalue weighted by Crippen LogP contribution is 2.76. The summed E-state index contributed by atoms with van der Waals surface area (Å²) >= 11 is 0. The summed E-state index contributed by atoms with van der Waals surface area (Å²) in [5.74, 6) is 4.07. The third kappa shape index (κ3) is 5.49. The van der Waals surface area contributed by atoms with Crippen molar-refractivity contribution in [3.63, 3.8) is 0 Å². The third-order valence-electron chi connectivity index (χ3n) is 15.6. The van der Waals surface area contributed by atoms with Gasteiger partial charge in [-0.05, 0) is 143 Å². The maximum Gasteiger partial charge on any atom is 0.328 e. The van der Waals surface area contributed by atoms with Gasteiger partial charge in [0, 0.05) is 60.1 Å². The van der Waals surface area contributed by atoms with Crippen LogP contribution in [0.3, 0.4) is 0 Å². The number of piperidine rings is 1. The molecule has 44 heavy (non-hydrogen) atoms. The molecule has 6 rings (SSSR count). The minimum Gasteiger partial charge on any atom is -0.478 e. The molecule has 6 nitrogen and oxygen atoms in total. The first-order valence-electron chi connectivity index (χ1n) is 18.3. The van der Waals surface area contributed by atoms with Crippen molar-refractivity contribution in [1.29, 1.82) is 0 Å². The van der Waals surface area contributed by atoms with Crippen LogP contribution in [0.4, 0.5) is 0 Å². The molecule has 250 valence electrons. The van der Waals surface area contributed by atoms with Gasteiger partial charge in [0.15, 0.2) is 0 Å². The number of nitrogens with one attached hydrogen (secondary N) is 1. The van der Waals surface area contributed by atoms with Crippen LogP contribution in [0.15, 0.2) is 12.2 Å². The summed E-state index contributed by atoms with van der Waals surface area (Å²) in [5, 5.41) is 13.1. The van der Waals surface area contributed by atoms with E-state index < -0.39 is 16.8 Å². The largest absolute Gasteiger partial charge is 0.478 e. The first kappa shape index (κ1) is 33.2. The van der Waals surface area contributed by atoms with Gasteiger partial charge in [-0.1, -0.05) is 33.3 Å². The summed E-state index contributed by atoms with van der Waals surface area (Å²) in [6.45, 7) is 20.4. The summed E-state index contributed by atoms with van der Waals surface area (Å²) in [6, 6.07) is 0. The molecule has 8 atom stereocenters. The number of carboxylic acids is 1. The van der Waals surface area contributed by atoms with Crippen molar-refractivity contribution in [3.05, 3.63) is 12.2 Å². The van der Waals surface area contributed by atoms with Crippen LogP contribution in [0.25, 0.3) is 0 Å². The fourth-order valence-corrected chi connectivity index (χ4v) is 14.2. The van der Waals surface area contributed by atoms with Gasteiger partial charge in [0.25, 0.3) is 0 Å². The maximum absolute atomic E-state index is 11.7. The van der Waals surface area contributed by atoms with Crippen LogP contribution in [0, 0.1) is 45.3 Å². The molecule has 0 aromatic rings. The minimum atomic E-state index is -0.842. The molecule has 6 fully saturated rings. The fraction of sp³-hybridized carbons (Fsp3) is 0.919. The number of fused-ring (bicyclic) bond motifs is 7. The predicted octanol–water partition coefficient (Wildman–Crippen LogP) is 6.19. The van der Waals surface area contributed by atoms with E-state index in [0.717, 1.165) is 68.5 Å². The first-order valence-corrected chi connectivity index (χ1v) is 19.8. The average Bonchev–Trinajstić information content (AvgIpc) is 3.39. The van der Waals surface area contributed by atoms with E-state index >= 15 is 0 Å². The molecule has 4 saturated carbocycles. The van der Waals surface area contributed by atoms with E-state index in [1.54, 1.807) is 0 Å². The van der Waals surface area contributed by atoms with Crippen LogP contribution in [-0.4, -0.2) is 87.9 Å². The normalized spacial score (nSPS) is 44.6. The van der Waals surface area contributed by atoms with Crippen LogP contribution in [0.1, 0.15) is 105 Å². The quantitative estimate of drug-likeness (QED) is 0.234. The van der Waals surface area contributed by atoms with Gasteiger partial charge in [0.1, 0.15) is 0 Å². The standard InChI is InChI=1S/C37H63N3O3S/c1-33(2)30-13-15-36(5)31(34(30,3)18-22-40(33)21-7-10-32(41)42)12-11-28-29-9-6-14-37(29,17-16-35(28,36)4)27-38-19-8-20-39-23-25-44(43)26-24-39/h7,10,28-31,38H,6,8-9,11-27H2,1-5H3,(H,41,42)/b10-7+/t28?,29-,30+,31-,34?,35-,36?,37?/m1/s1. The Balaban J connectivity index is 1.12. The second kappa shape index (κ2) is 12.4. The average molecular weight is 630 g/mol. The Bertz CT molecular complexity index is 1120. The van der Waals surface area contributed by atoms with Crippen molar-refractivity contribution in [2.24, 2.45) is 45.3 Å². The maximum atomic E-state index is 11.7. The SMILES string of the molecule is CC12CCN(C/C=C/C(=O)O)C(C)(C)[C@@H]1CCC1(C)[C@@H]2CCC2[C@H]3CCCC3(CNCCCN3CCS(=O)CC3)CC[C@]21C. The van der Waals surface area contributed by atoms with Gasteiger partial charge in [0.2, 0.25) is 0 Å². The molecule has 6 aliphatic rings. The van der Waals surface area contributed by atoms with Crippen molar-refractivity contribution >= 4 is 16.8 Å². The van der Waals surface area contributed by atoms with E-state index in [2.05, 4.69) is 49.7 Å². The van der Waals surface area contributed by atoms with Crippen LogP contribution < -0.4 is 5.32 Å². The Morgan fingerprint density at radius 1 is 0.886 bits per heavy atom. The Hall–Kier alpha value is -0.760. The second-order valence-electron chi connectivity index (χ2n) is 17.3. The number of carboxylic acid groups (broad SMARTS) is 1. The van der Waals surface area contributed by atoms with Crippen LogP contribution in [0.2, 0.25) is 0 Å². The first-order chi connectivity index (χ1) is 20.9. The van der Waals surface area contributed by atoms with E-state index in [1.165, 1.54) is 83.2 Å². The lowest BCUT2D eigenvalue weighted by Crippen LogP contribution is -2.69. The van der Waals surface area contributed by atoms with Gasteiger partial charge in [-0.2, -0.15) is 0 Å². The Morgan fingerprint density at radius 3 is 2.41 bits per heavy atom. The summed E-state index contributed by atoms with van der Waals surface area (Å²) in [5.41, 5.74) is 1.78. The summed E-state index contributed by atoms with van der Waals surface area (Å²) in [4.78, 5) is 16.2. The Kier molecular flexibility index (Phi) is 9.31. The monoisotopic (exact) mass is 629 g/mol. The van der Waals surface area contributed by atoms with Crippen LogP contribution in [0.5, 0.6) is 0 Å². The molecule has 2 aliphatic heterocycles. The molecule has 0 aromatic heterocycles. The van der Waals surface area contributed by atoms with E-state index in [4.69, 9.17) is 5.11 Å². The molecule has 7 heteroatoms. The lowest BCUT2D eigenvalue weighted by Gasteiger charge is -2.73. The summed E-state index contributed by atoms with van der Waals surface area (Å²) < 4.78 is 11.7. The van der Waals surface area contributed by atoms with Crippen molar-refractivity contribution in [2.45, 2.75) is 111 Å². The highest BCUT2D eigenvalue weighted by atomic mass is 32.2. The van der Waals surface area contributed by atoms with E-state index in [0.29, 0.717) is 27.6 Å². The van der Waals surface area contributed by atoms with Crippen molar-refractivity contribution in [2.75, 3.05) is 57.3 Å². The number of hydrogen-bond donors (Lipinski definition) is 2. The minimum absolute atomic E-state index is 0.0839. The van der Waals surface area contributed by atoms with Gasteiger partial charge in [-0.15, -0.1) is 0 Å². The molecular formula is C37H63N3O3S. The topological polar surface area (TPSA) is 72.9 Å². The summed E-state index contributed by atoms with van der Waals surface area (Å²) in [7, 11) is -0.580. The highest BCUT2D eigenvalue weighted by Gasteiger charge is 2.69. The van der Waals surface area contributed by atoms with E-state index in [-0.39, 0.29) is 5.54 Å². The fourth-order valence-electron chi connectivity index (χ4n) is 13.0. The molecular weight excluding hydrogens is 566 g/mol. The lowest BCUT2D eigenvalue weighted by molar-refractivity contribution is -0.238. The van der Waals surface area contributed by atoms with Crippen LogP contribution >= 0.6 is 0 Å².